The zero-order valence-electron chi connectivity index (χ0n) is 8.83. The normalized spacial score (nSPS) is 33.4. The summed E-state index contributed by atoms with van der Waals surface area (Å²) in [7, 11) is 0. The topological polar surface area (TPSA) is 96.5 Å². The predicted octanol–water partition coefficient (Wildman–Crippen LogP) is -1.51. The molecule has 0 aromatic heterocycles. The van der Waals surface area contributed by atoms with Gasteiger partial charge in [0.2, 0.25) is 5.91 Å². The summed E-state index contributed by atoms with van der Waals surface area (Å²) in [6.45, 7) is 1.95. The van der Waals surface area contributed by atoms with Crippen LogP contribution >= 0.6 is 0 Å². The van der Waals surface area contributed by atoms with Crippen molar-refractivity contribution in [1.82, 2.24) is 16.0 Å². The van der Waals surface area contributed by atoms with Gasteiger partial charge in [-0.15, -0.1) is 0 Å². The van der Waals surface area contributed by atoms with Gasteiger partial charge in [-0.2, -0.15) is 0 Å². The molecule has 88 valence electrons. The Balaban J connectivity index is 2.24. The fourth-order valence-corrected chi connectivity index (χ4v) is 2.09. The minimum atomic E-state index is -1.05. The maximum absolute atomic E-state index is 11.8. The van der Waals surface area contributed by atoms with E-state index in [-0.39, 0.29) is 12.5 Å². The van der Waals surface area contributed by atoms with Crippen molar-refractivity contribution in [3.63, 3.8) is 0 Å². The molecule has 2 aliphatic rings. The summed E-state index contributed by atoms with van der Waals surface area (Å²) >= 11 is 0. The molecule has 2 atom stereocenters. The maximum atomic E-state index is 11.8. The number of hydrogen-bond acceptors (Lipinski definition) is 4. The van der Waals surface area contributed by atoms with Crippen LogP contribution in [0.1, 0.15) is 13.3 Å². The molecule has 2 heterocycles. The van der Waals surface area contributed by atoms with Crippen molar-refractivity contribution in [2.75, 3.05) is 13.2 Å². The van der Waals surface area contributed by atoms with Gasteiger partial charge in [-0.3, -0.25) is 14.9 Å². The molecule has 1 spiro atoms. The number of urea groups is 1. The van der Waals surface area contributed by atoms with E-state index in [2.05, 4.69) is 16.0 Å². The molecule has 2 aliphatic heterocycles. The van der Waals surface area contributed by atoms with Crippen LogP contribution in [0.4, 0.5) is 4.79 Å². The van der Waals surface area contributed by atoms with Crippen LogP contribution in [0.3, 0.4) is 0 Å². The standard InChI is InChI=1S/C9H13N3O4/c1-5(13)10-6-4-16-3-2-9(6)7(14)11-8(15)12-9/h6H,2-4H2,1H3,(H,10,13)(H2,11,12,14,15). The lowest BCUT2D eigenvalue weighted by atomic mass is 9.85. The van der Waals surface area contributed by atoms with Crippen LogP contribution in [0.2, 0.25) is 0 Å². The Kier molecular flexibility index (Phi) is 2.55. The number of rotatable bonds is 1. The summed E-state index contributed by atoms with van der Waals surface area (Å²) in [5.74, 6) is -0.664. The number of carbonyl (C=O) groups excluding carboxylic acids is 3. The molecule has 3 N–H and O–H groups in total. The molecule has 0 aliphatic carbocycles. The molecule has 2 unspecified atom stereocenters. The van der Waals surface area contributed by atoms with Gasteiger partial charge in [-0.25, -0.2) is 4.79 Å². The average molecular weight is 227 g/mol. The van der Waals surface area contributed by atoms with Crippen molar-refractivity contribution in [3.8, 4) is 0 Å². The molecule has 7 nitrogen and oxygen atoms in total. The van der Waals surface area contributed by atoms with Crippen LogP contribution in [0.15, 0.2) is 0 Å². The highest BCUT2D eigenvalue weighted by atomic mass is 16.5. The Morgan fingerprint density at radius 3 is 2.88 bits per heavy atom. The highest BCUT2D eigenvalue weighted by molar-refractivity contribution is 6.07. The first-order valence-electron chi connectivity index (χ1n) is 5.03. The molecule has 0 aromatic carbocycles. The zero-order chi connectivity index (χ0) is 11.8. The van der Waals surface area contributed by atoms with E-state index in [0.717, 1.165) is 0 Å². The molecule has 0 bridgehead atoms. The largest absolute Gasteiger partial charge is 0.379 e. The Morgan fingerprint density at radius 1 is 1.56 bits per heavy atom. The number of carbonyl (C=O) groups is 3. The molecule has 0 aromatic rings. The number of imide groups is 1. The Morgan fingerprint density at radius 2 is 2.31 bits per heavy atom. The summed E-state index contributed by atoms with van der Waals surface area (Å²) in [4.78, 5) is 33.9. The van der Waals surface area contributed by atoms with Crippen LogP contribution in [-0.4, -0.2) is 42.6 Å². The van der Waals surface area contributed by atoms with Gasteiger partial charge in [-0.05, 0) is 0 Å². The molecular formula is C9H13N3O4. The van der Waals surface area contributed by atoms with Crippen LogP contribution < -0.4 is 16.0 Å². The van der Waals surface area contributed by atoms with E-state index in [1.54, 1.807) is 0 Å². The number of hydrogen-bond donors (Lipinski definition) is 3. The Bertz CT molecular complexity index is 357. The summed E-state index contributed by atoms with van der Waals surface area (Å²) in [6.07, 6.45) is 0.357. The number of nitrogens with one attached hydrogen (secondary N) is 3. The Hall–Kier alpha value is -1.63. The second kappa shape index (κ2) is 3.75. The van der Waals surface area contributed by atoms with Crippen molar-refractivity contribution in [1.29, 1.82) is 0 Å². The lowest BCUT2D eigenvalue weighted by molar-refractivity contribution is -0.131. The first kappa shape index (κ1) is 10.9. The Labute approximate surface area is 91.9 Å². The summed E-state index contributed by atoms with van der Waals surface area (Å²) < 4.78 is 5.21. The van der Waals surface area contributed by atoms with Gasteiger partial charge in [0.05, 0.1) is 12.6 Å². The first-order valence-corrected chi connectivity index (χ1v) is 5.03. The van der Waals surface area contributed by atoms with E-state index >= 15 is 0 Å². The fourth-order valence-electron chi connectivity index (χ4n) is 2.09. The van der Waals surface area contributed by atoms with E-state index in [1.165, 1.54) is 6.92 Å². The van der Waals surface area contributed by atoms with Crippen LogP contribution in [-0.2, 0) is 14.3 Å². The van der Waals surface area contributed by atoms with E-state index in [9.17, 15) is 14.4 Å². The second-order valence-electron chi connectivity index (χ2n) is 3.96. The van der Waals surface area contributed by atoms with Gasteiger partial charge in [0.25, 0.3) is 5.91 Å². The molecule has 2 rings (SSSR count). The van der Waals surface area contributed by atoms with Gasteiger partial charge in [0.15, 0.2) is 0 Å². The van der Waals surface area contributed by atoms with Gasteiger partial charge in [0.1, 0.15) is 5.54 Å². The minimum Gasteiger partial charge on any atom is -0.379 e. The van der Waals surface area contributed by atoms with Gasteiger partial charge < -0.3 is 15.4 Å². The lowest BCUT2D eigenvalue weighted by Crippen LogP contribution is -2.66. The molecule has 2 fully saturated rings. The molecule has 2 saturated heterocycles. The molecule has 7 heteroatoms. The van der Waals surface area contributed by atoms with E-state index in [4.69, 9.17) is 4.74 Å². The third kappa shape index (κ3) is 1.63. The number of amides is 4. The molecule has 16 heavy (non-hydrogen) atoms. The van der Waals surface area contributed by atoms with Gasteiger partial charge >= 0.3 is 6.03 Å². The molecule has 0 saturated carbocycles. The van der Waals surface area contributed by atoms with Crippen LogP contribution in [0, 0.1) is 0 Å². The first-order chi connectivity index (χ1) is 7.54. The SMILES string of the molecule is CC(=O)NC1COCCC12NC(=O)NC2=O. The van der Waals surface area contributed by atoms with Gasteiger partial charge in [0, 0.05) is 20.0 Å². The highest BCUT2D eigenvalue weighted by Crippen LogP contribution is 2.24. The lowest BCUT2D eigenvalue weighted by Gasteiger charge is -2.38. The van der Waals surface area contributed by atoms with Crippen molar-refractivity contribution in [3.05, 3.63) is 0 Å². The van der Waals surface area contributed by atoms with Crippen molar-refractivity contribution >= 4 is 17.8 Å². The van der Waals surface area contributed by atoms with Crippen molar-refractivity contribution in [2.24, 2.45) is 0 Å². The van der Waals surface area contributed by atoms with Crippen molar-refractivity contribution in [2.45, 2.75) is 24.9 Å². The third-order valence-corrected chi connectivity index (χ3v) is 2.87. The van der Waals surface area contributed by atoms with E-state index in [0.29, 0.717) is 13.0 Å². The monoisotopic (exact) mass is 227 g/mol. The summed E-state index contributed by atoms with van der Waals surface area (Å²) in [5.41, 5.74) is -1.05. The van der Waals surface area contributed by atoms with E-state index in [1.807, 2.05) is 0 Å². The minimum absolute atomic E-state index is 0.216. The average Bonchev–Trinajstić information content (AvgIpc) is 2.46. The maximum Gasteiger partial charge on any atom is 0.322 e. The molecule has 0 radical (unpaired) electrons. The van der Waals surface area contributed by atoms with Crippen LogP contribution in [0.5, 0.6) is 0 Å². The molecule has 4 amide bonds. The third-order valence-electron chi connectivity index (χ3n) is 2.87. The summed E-state index contributed by atoms with van der Waals surface area (Å²) in [6, 6.07) is -1.05. The predicted molar refractivity (Wildman–Crippen MR) is 52.4 cm³/mol. The summed E-state index contributed by atoms with van der Waals surface area (Å²) in [5, 5.41) is 7.39. The van der Waals surface area contributed by atoms with Crippen LogP contribution in [0.25, 0.3) is 0 Å². The van der Waals surface area contributed by atoms with Crippen molar-refractivity contribution < 1.29 is 19.1 Å². The molecular weight excluding hydrogens is 214 g/mol. The van der Waals surface area contributed by atoms with Gasteiger partial charge in [-0.1, -0.05) is 0 Å². The quantitative estimate of drug-likeness (QED) is 0.474. The highest BCUT2D eigenvalue weighted by Gasteiger charge is 2.53. The second-order valence-corrected chi connectivity index (χ2v) is 3.96. The zero-order valence-corrected chi connectivity index (χ0v) is 8.83. The number of ether oxygens (including phenoxy) is 1. The van der Waals surface area contributed by atoms with E-state index < -0.39 is 23.5 Å². The smallest absolute Gasteiger partial charge is 0.322 e. The fraction of sp³-hybridized carbons (Fsp3) is 0.667.